The largest absolute Gasteiger partial charge is 0.205 e. The van der Waals surface area contributed by atoms with E-state index in [1.165, 1.54) is 99.2 Å². The van der Waals surface area contributed by atoms with Crippen molar-refractivity contribution in [2.45, 2.75) is 133 Å². The van der Waals surface area contributed by atoms with Gasteiger partial charge in [-0.05, 0) is 120 Å². The second-order valence-electron chi connectivity index (χ2n) is 22.6. The molecule has 0 aliphatic heterocycles. The molecule has 70 heavy (non-hydrogen) atoms. The van der Waals surface area contributed by atoms with Crippen molar-refractivity contribution in [3.8, 4) is 59.9 Å². The fourth-order valence-corrected chi connectivity index (χ4v) is 20.1. The van der Waals surface area contributed by atoms with Crippen molar-refractivity contribution in [1.82, 2.24) is 0 Å². The van der Waals surface area contributed by atoms with Gasteiger partial charge in [0.05, 0.1) is 19.8 Å². The van der Waals surface area contributed by atoms with Crippen LogP contribution in [-0.4, -0.2) is 0 Å². The van der Waals surface area contributed by atoms with Gasteiger partial charge in [-0.1, -0.05) is 120 Å². The van der Waals surface area contributed by atoms with Gasteiger partial charge in [0.2, 0.25) is 0 Å². The van der Waals surface area contributed by atoms with Crippen LogP contribution in [0.1, 0.15) is 128 Å². The van der Waals surface area contributed by atoms with Crippen LogP contribution in [0.25, 0.3) is 80.1 Å². The highest BCUT2D eigenvalue weighted by Crippen LogP contribution is 2.57. The minimum absolute atomic E-state index is 0.0203. The Morgan fingerprint density at radius 1 is 0.400 bits per heavy atom. The first kappa shape index (κ1) is 52.6. The summed E-state index contributed by atoms with van der Waals surface area (Å²) in [7, 11) is 0. The molecule has 0 fully saturated rings. The molecule has 0 radical (unpaired) electrons. The van der Waals surface area contributed by atoms with E-state index >= 15 is 8.78 Å². The number of benzene rings is 1. The molecule has 12 heteroatoms. The minimum Gasteiger partial charge on any atom is -0.205 e. The Labute approximate surface area is 456 Å². The summed E-state index contributed by atoms with van der Waals surface area (Å²) in [5, 5.41) is 4.16. The molecule has 0 spiro atoms. The molecular weight excluding hydrogens is 1060 g/mol. The van der Waals surface area contributed by atoms with Crippen LogP contribution in [0.4, 0.5) is 8.78 Å². The molecule has 0 N–H and O–H groups in total. The summed E-state index contributed by atoms with van der Waals surface area (Å²) in [6, 6.07) is 17.2. The van der Waals surface area contributed by atoms with Gasteiger partial charge in [-0.3, -0.25) is 0 Å². The Kier molecular flexibility index (Phi) is 15.1. The third-order valence-corrected chi connectivity index (χ3v) is 24.0. The third-order valence-electron chi connectivity index (χ3n) is 12.3. The molecule has 0 amide bonds. The summed E-state index contributed by atoms with van der Waals surface area (Å²) >= 11 is 27.9. The lowest BCUT2D eigenvalue weighted by Crippen LogP contribution is -2.08. The Hall–Kier alpha value is -2.22. The first-order chi connectivity index (χ1) is 32.8. The summed E-state index contributed by atoms with van der Waals surface area (Å²) in [6.07, 6.45) is 3.62. The van der Waals surface area contributed by atoms with Crippen LogP contribution in [0.3, 0.4) is 0 Å². The Morgan fingerprint density at radius 2 is 0.800 bits per heavy atom. The average molecular weight is 1120 g/mol. The third kappa shape index (κ3) is 10.5. The highest BCUT2D eigenvalue weighted by molar-refractivity contribution is 7.31. The van der Waals surface area contributed by atoms with E-state index in [2.05, 4.69) is 133 Å². The van der Waals surface area contributed by atoms with Crippen LogP contribution < -0.4 is 0 Å². The summed E-state index contributed by atoms with van der Waals surface area (Å²) in [5.41, 5.74) is 4.88. The lowest BCUT2D eigenvalue weighted by molar-refractivity contribution is 0.601. The molecule has 0 saturated heterocycles. The molecule has 0 aliphatic carbocycles. The fourth-order valence-electron chi connectivity index (χ4n) is 9.05. The van der Waals surface area contributed by atoms with Crippen LogP contribution in [-0.2, 0) is 36.5 Å². The predicted molar refractivity (Wildman–Crippen MR) is 319 cm³/mol. The maximum absolute atomic E-state index is 16.5. The molecule has 370 valence electrons. The van der Waals surface area contributed by atoms with Gasteiger partial charge in [-0.15, -0.1) is 90.7 Å². The van der Waals surface area contributed by atoms with E-state index < -0.39 is 0 Å². The summed E-state index contributed by atoms with van der Waals surface area (Å²) < 4.78 is 35.3. The molecule has 8 aromatic heterocycles. The van der Waals surface area contributed by atoms with Crippen molar-refractivity contribution < 1.29 is 8.78 Å². The molecule has 0 bridgehead atoms. The van der Waals surface area contributed by atoms with Crippen molar-refractivity contribution in [2.75, 3.05) is 0 Å². The van der Waals surface area contributed by atoms with E-state index in [9.17, 15) is 0 Å². The molecule has 0 nitrogen and oxygen atoms in total. The zero-order valence-corrected chi connectivity index (χ0v) is 50.6. The van der Waals surface area contributed by atoms with E-state index in [4.69, 9.17) is 23.2 Å². The predicted octanol–water partition coefficient (Wildman–Crippen LogP) is 23.5. The van der Waals surface area contributed by atoms with Crippen molar-refractivity contribution in [3.63, 3.8) is 0 Å². The average Bonchev–Trinajstić information content (AvgIpc) is 4.10. The minimum atomic E-state index is -0.370. The molecule has 9 rings (SSSR count). The van der Waals surface area contributed by atoms with Gasteiger partial charge in [0, 0.05) is 89.8 Å². The molecule has 9 aromatic rings. The van der Waals surface area contributed by atoms with Gasteiger partial charge >= 0.3 is 0 Å². The smallest absolute Gasteiger partial charge is 0.143 e. The van der Waals surface area contributed by atoms with Gasteiger partial charge in [0.15, 0.2) is 0 Å². The quantitative estimate of drug-likeness (QED) is 0.102. The number of fused-ring (bicyclic) bond motifs is 2. The van der Waals surface area contributed by atoms with Gasteiger partial charge in [-0.25, -0.2) is 8.78 Å². The molecule has 0 saturated carbocycles. The van der Waals surface area contributed by atoms with E-state index in [-0.39, 0.29) is 22.5 Å². The standard InChI is InChI=1S/C58H62Cl2F2S8/c1-27(2)15-31-19-41(65-51(31)45-25-37(61)55(67-45)56-38(62)26-46(68-56)52-32(16-28(3)4)20-47(69-52)57(9,10)11)42-21-33-49(43-23-35(59)39(63-43)17-29(5)6)54-34(22-48(70-54)58(12,13)14)50(53(33)66-42)44-24-36(60)40(64-44)18-30(7)8/h19-30H,15-18H2,1-14H3. The molecule has 1 aromatic carbocycles. The maximum Gasteiger partial charge on any atom is 0.143 e. The normalized spacial score (nSPS) is 12.9. The molecular formula is C58H62Cl2F2S8. The zero-order valence-electron chi connectivity index (χ0n) is 42.5. The number of hydrogen-bond donors (Lipinski definition) is 0. The fraction of sp³-hybridized carbons (Fsp3) is 0.414. The molecule has 0 atom stereocenters. The summed E-state index contributed by atoms with van der Waals surface area (Å²) in [4.78, 5) is 14.4. The van der Waals surface area contributed by atoms with Crippen molar-refractivity contribution in [1.29, 1.82) is 0 Å². The van der Waals surface area contributed by atoms with Crippen LogP contribution in [0.15, 0.2) is 48.5 Å². The Bertz CT molecular complexity index is 3260. The van der Waals surface area contributed by atoms with E-state index in [1.54, 1.807) is 34.8 Å². The first-order valence-corrected chi connectivity index (χ1v) is 31.6. The molecule has 8 heterocycles. The molecule has 0 aliphatic rings. The second kappa shape index (κ2) is 20.1. The first-order valence-electron chi connectivity index (χ1n) is 24.3. The number of hydrogen-bond acceptors (Lipinski definition) is 8. The number of thiophene rings is 8. The van der Waals surface area contributed by atoms with Crippen LogP contribution in [0, 0.1) is 35.3 Å². The Morgan fingerprint density at radius 3 is 1.27 bits per heavy atom. The van der Waals surface area contributed by atoms with E-state index in [0.717, 1.165) is 60.1 Å². The van der Waals surface area contributed by atoms with Crippen LogP contribution in [0.2, 0.25) is 10.0 Å². The number of halogens is 4. The van der Waals surface area contributed by atoms with Crippen molar-refractivity contribution in [3.05, 3.63) is 101 Å². The van der Waals surface area contributed by atoms with E-state index in [0.29, 0.717) is 33.4 Å². The SMILES string of the molecule is CC(C)Cc1cc(-c2cc3c(-c4cc(Cl)c(CC(C)C)s4)c4sc(C(C)(C)C)cc4c(-c4cc(Cl)c(CC(C)C)s4)c3s2)sc1-c1cc(F)c(-c2sc(-c3sc(C(C)(C)C)cc3CC(C)C)cc2F)s1. The lowest BCUT2D eigenvalue weighted by atomic mass is 9.93. The molecule has 0 unspecified atom stereocenters. The zero-order chi connectivity index (χ0) is 50.5. The van der Waals surface area contributed by atoms with Crippen molar-refractivity contribution >= 4 is 134 Å². The van der Waals surface area contributed by atoms with E-state index in [1.807, 2.05) is 45.3 Å². The summed E-state index contributed by atoms with van der Waals surface area (Å²) in [5.74, 6) is 1.07. The van der Waals surface area contributed by atoms with Crippen molar-refractivity contribution in [2.24, 2.45) is 23.7 Å². The topological polar surface area (TPSA) is 0 Å². The van der Waals surface area contributed by atoms with Crippen LogP contribution >= 0.6 is 114 Å². The van der Waals surface area contributed by atoms with Crippen LogP contribution in [0.5, 0.6) is 0 Å². The van der Waals surface area contributed by atoms with Gasteiger partial charge in [-0.2, -0.15) is 0 Å². The highest BCUT2D eigenvalue weighted by atomic mass is 35.5. The Balaban J connectivity index is 1.22. The number of rotatable bonds is 14. The van der Waals surface area contributed by atoms with Gasteiger partial charge in [0.25, 0.3) is 0 Å². The van der Waals surface area contributed by atoms with Gasteiger partial charge < -0.3 is 0 Å². The van der Waals surface area contributed by atoms with Gasteiger partial charge in [0.1, 0.15) is 11.6 Å². The maximum atomic E-state index is 16.5. The lowest BCUT2D eigenvalue weighted by Gasteiger charge is -2.15. The highest BCUT2D eigenvalue weighted by Gasteiger charge is 2.30. The summed E-state index contributed by atoms with van der Waals surface area (Å²) in [6.45, 7) is 31.5. The second-order valence-corrected chi connectivity index (χ2v) is 32.0. The monoisotopic (exact) mass is 1120 g/mol.